The third-order valence-electron chi connectivity index (χ3n) is 2.74. The standard InChI is InChI=1S/C13H20O3/c1-5-8-13(2,14)10-6-7-11(15-3)12(9-10)16-4/h6-7,9,14H,5,8H2,1-4H3/t13-/m0/s1. The molecule has 0 aromatic heterocycles. The highest BCUT2D eigenvalue weighted by Crippen LogP contribution is 2.33. The number of aliphatic hydroxyl groups is 1. The molecule has 0 aliphatic heterocycles. The molecular weight excluding hydrogens is 204 g/mol. The summed E-state index contributed by atoms with van der Waals surface area (Å²) in [6.45, 7) is 3.87. The van der Waals surface area contributed by atoms with Crippen molar-refractivity contribution in [3.63, 3.8) is 0 Å². The first kappa shape index (κ1) is 12.8. The largest absolute Gasteiger partial charge is 0.493 e. The summed E-state index contributed by atoms with van der Waals surface area (Å²) in [6.07, 6.45) is 1.66. The van der Waals surface area contributed by atoms with Gasteiger partial charge in [0.25, 0.3) is 0 Å². The molecule has 0 spiro atoms. The van der Waals surface area contributed by atoms with Crippen molar-refractivity contribution in [1.29, 1.82) is 0 Å². The van der Waals surface area contributed by atoms with Gasteiger partial charge in [0.05, 0.1) is 19.8 Å². The van der Waals surface area contributed by atoms with Crippen LogP contribution in [0.1, 0.15) is 32.3 Å². The van der Waals surface area contributed by atoms with Gasteiger partial charge in [-0.25, -0.2) is 0 Å². The van der Waals surface area contributed by atoms with Gasteiger partial charge in [-0.3, -0.25) is 0 Å². The monoisotopic (exact) mass is 224 g/mol. The van der Waals surface area contributed by atoms with Gasteiger partial charge in [-0.1, -0.05) is 19.4 Å². The summed E-state index contributed by atoms with van der Waals surface area (Å²) in [6, 6.07) is 5.52. The van der Waals surface area contributed by atoms with E-state index >= 15 is 0 Å². The maximum atomic E-state index is 10.3. The Labute approximate surface area is 97.0 Å². The van der Waals surface area contributed by atoms with E-state index in [1.54, 1.807) is 14.2 Å². The molecule has 0 amide bonds. The lowest BCUT2D eigenvalue weighted by Gasteiger charge is -2.24. The highest BCUT2D eigenvalue weighted by molar-refractivity contribution is 5.44. The fourth-order valence-electron chi connectivity index (χ4n) is 1.80. The van der Waals surface area contributed by atoms with E-state index in [9.17, 15) is 5.11 Å². The average Bonchev–Trinajstić information content (AvgIpc) is 2.28. The topological polar surface area (TPSA) is 38.7 Å². The fraction of sp³-hybridized carbons (Fsp3) is 0.538. The quantitative estimate of drug-likeness (QED) is 0.835. The molecule has 1 N–H and O–H groups in total. The minimum absolute atomic E-state index is 0.649. The van der Waals surface area contributed by atoms with Crippen molar-refractivity contribution in [1.82, 2.24) is 0 Å². The zero-order chi connectivity index (χ0) is 12.2. The van der Waals surface area contributed by atoms with Crippen LogP contribution in [0.2, 0.25) is 0 Å². The molecule has 0 aliphatic rings. The molecule has 90 valence electrons. The molecule has 0 heterocycles. The van der Waals surface area contributed by atoms with Crippen molar-refractivity contribution >= 4 is 0 Å². The minimum Gasteiger partial charge on any atom is -0.493 e. The van der Waals surface area contributed by atoms with Crippen molar-refractivity contribution in [3.8, 4) is 11.5 Å². The van der Waals surface area contributed by atoms with Crippen LogP contribution in [0.15, 0.2) is 18.2 Å². The van der Waals surface area contributed by atoms with E-state index < -0.39 is 5.60 Å². The highest BCUT2D eigenvalue weighted by atomic mass is 16.5. The second-order valence-corrected chi connectivity index (χ2v) is 4.09. The summed E-state index contributed by atoms with van der Waals surface area (Å²) in [4.78, 5) is 0. The third kappa shape index (κ3) is 2.67. The predicted molar refractivity (Wildman–Crippen MR) is 64.0 cm³/mol. The molecular formula is C13H20O3. The van der Waals surface area contributed by atoms with E-state index in [1.807, 2.05) is 25.1 Å². The van der Waals surface area contributed by atoms with Crippen LogP contribution in [0, 0.1) is 0 Å². The van der Waals surface area contributed by atoms with Crippen LogP contribution in [0.4, 0.5) is 0 Å². The van der Waals surface area contributed by atoms with Crippen molar-refractivity contribution < 1.29 is 14.6 Å². The summed E-state index contributed by atoms with van der Waals surface area (Å²) in [7, 11) is 3.19. The molecule has 0 saturated heterocycles. The zero-order valence-electron chi connectivity index (χ0n) is 10.4. The Kier molecular flexibility index (Phi) is 4.19. The first-order valence-corrected chi connectivity index (χ1v) is 5.50. The van der Waals surface area contributed by atoms with Gasteiger partial charge in [0.15, 0.2) is 11.5 Å². The second-order valence-electron chi connectivity index (χ2n) is 4.09. The number of ether oxygens (including phenoxy) is 2. The van der Waals surface area contributed by atoms with Gasteiger partial charge < -0.3 is 14.6 Å². The Morgan fingerprint density at radius 1 is 1.19 bits per heavy atom. The SMILES string of the molecule is CCC[C@](C)(O)c1ccc(OC)c(OC)c1. The summed E-state index contributed by atoms with van der Waals surface area (Å²) >= 11 is 0. The molecule has 1 aromatic carbocycles. The normalized spacial score (nSPS) is 14.3. The molecule has 0 bridgehead atoms. The minimum atomic E-state index is -0.811. The number of benzene rings is 1. The molecule has 1 aromatic rings. The van der Waals surface area contributed by atoms with E-state index in [0.717, 1.165) is 18.4 Å². The summed E-state index contributed by atoms with van der Waals surface area (Å²) in [5.41, 5.74) is 0.0425. The van der Waals surface area contributed by atoms with Crippen LogP contribution in [0.3, 0.4) is 0 Å². The van der Waals surface area contributed by atoms with Gasteiger partial charge in [0.1, 0.15) is 0 Å². The second kappa shape index (κ2) is 5.21. The lowest BCUT2D eigenvalue weighted by Crippen LogP contribution is -2.20. The molecule has 3 heteroatoms. The van der Waals surface area contributed by atoms with Gasteiger partial charge in [-0.05, 0) is 31.0 Å². The maximum Gasteiger partial charge on any atom is 0.161 e. The Morgan fingerprint density at radius 3 is 2.31 bits per heavy atom. The lowest BCUT2D eigenvalue weighted by atomic mass is 9.91. The van der Waals surface area contributed by atoms with Crippen LogP contribution in [0.25, 0.3) is 0 Å². The third-order valence-corrected chi connectivity index (χ3v) is 2.74. The van der Waals surface area contributed by atoms with E-state index in [1.165, 1.54) is 0 Å². The van der Waals surface area contributed by atoms with Gasteiger partial charge in [-0.2, -0.15) is 0 Å². The summed E-state index contributed by atoms with van der Waals surface area (Å²) in [5.74, 6) is 1.33. The van der Waals surface area contributed by atoms with Crippen molar-refractivity contribution in [2.75, 3.05) is 14.2 Å². The van der Waals surface area contributed by atoms with Crippen LogP contribution < -0.4 is 9.47 Å². The predicted octanol–water partition coefficient (Wildman–Crippen LogP) is 2.71. The molecule has 3 nitrogen and oxygen atoms in total. The fourth-order valence-corrected chi connectivity index (χ4v) is 1.80. The van der Waals surface area contributed by atoms with Gasteiger partial charge in [0, 0.05) is 0 Å². The van der Waals surface area contributed by atoms with Crippen molar-refractivity contribution in [2.45, 2.75) is 32.3 Å². The lowest BCUT2D eigenvalue weighted by molar-refractivity contribution is 0.0467. The Hall–Kier alpha value is -1.22. The van der Waals surface area contributed by atoms with Gasteiger partial charge >= 0.3 is 0 Å². The van der Waals surface area contributed by atoms with E-state index in [4.69, 9.17) is 9.47 Å². The number of hydrogen-bond donors (Lipinski definition) is 1. The Morgan fingerprint density at radius 2 is 1.81 bits per heavy atom. The molecule has 1 atom stereocenters. The summed E-state index contributed by atoms with van der Waals surface area (Å²) in [5, 5.41) is 10.3. The molecule has 1 rings (SSSR count). The molecule has 16 heavy (non-hydrogen) atoms. The molecule has 0 radical (unpaired) electrons. The Balaban J connectivity index is 3.07. The smallest absolute Gasteiger partial charge is 0.161 e. The zero-order valence-corrected chi connectivity index (χ0v) is 10.4. The Bertz CT molecular complexity index is 345. The number of methoxy groups -OCH3 is 2. The first-order chi connectivity index (χ1) is 7.55. The summed E-state index contributed by atoms with van der Waals surface area (Å²) < 4.78 is 10.4. The average molecular weight is 224 g/mol. The van der Waals surface area contributed by atoms with Crippen LogP contribution in [-0.4, -0.2) is 19.3 Å². The van der Waals surface area contributed by atoms with E-state index in [-0.39, 0.29) is 0 Å². The number of hydrogen-bond acceptors (Lipinski definition) is 3. The number of rotatable bonds is 5. The van der Waals surface area contributed by atoms with Crippen molar-refractivity contribution in [3.05, 3.63) is 23.8 Å². The van der Waals surface area contributed by atoms with Crippen LogP contribution >= 0.6 is 0 Å². The van der Waals surface area contributed by atoms with E-state index in [0.29, 0.717) is 11.5 Å². The highest BCUT2D eigenvalue weighted by Gasteiger charge is 2.23. The maximum absolute atomic E-state index is 10.3. The molecule has 0 saturated carbocycles. The molecule has 0 fully saturated rings. The molecule has 0 aliphatic carbocycles. The van der Waals surface area contributed by atoms with Crippen LogP contribution in [-0.2, 0) is 5.60 Å². The van der Waals surface area contributed by atoms with E-state index in [2.05, 4.69) is 6.92 Å². The van der Waals surface area contributed by atoms with Crippen LogP contribution in [0.5, 0.6) is 11.5 Å². The van der Waals surface area contributed by atoms with Gasteiger partial charge in [0.2, 0.25) is 0 Å². The van der Waals surface area contributed by atoms with Crippen molar-refractivity contribution in [2.24, 2.45) is 0 Å². The first-order valence-electron chi connectivity index (χ1n) is 5.50. The molecule has 0 unspecified atom stereocenters. The van der Waals surface area contributed by atoms with Gasteiger partial charge in [-0.15, -0.1) is 0 Å².